The quantitative estimate of drug-likeness (QED) is 0.760. The Morgan fingerprint density at radius 3 is 2.63 bits per heavy atom. The molecule has 3 aliphatic rings. The monoisotopic (exact) mass is 269 g/mol. The molecule has 0 spiro atoms. The molecule has 0 aromatic heterocycles. The van der Waals surface area contributed by atoms with Crippen molar-refractivity contribution in [3.8, 4) is 0 Å². The minimum atomic E-state index is 0.0752. The fraction of sp³-hybridized carbons (Fsp3) is 0.923. The summed E-state index contributed by atoms with van der Waals surface area (Å²) < 4.78 is 10.7. The van der Waals surface area contributed by atoms with E-state index in [4.69, 9.17) is 9.47 Å². The number of amides is 2. The molecule has 0 radical (unpaired) electrons. The van der Waals surface area contributed by atoms with Crippen molar-refractivity contribution in [2.24, 2.45) is 0 Å². The van der Waals surface area contributed by atoms with E-state index in [0.717, 1.165) is 58.8 Å². The molecule has 3 heterocycles. The second kappa shape index (κ2) is 6.07. The fourth-order valence-electron chi connectivity index (χ4n) is 3.08. The largest absolute Gasteiger partial charge is 0.379 e. The van der Waals surface area contributed by atoms with E-state index in [2.05, 4.69) is 10.2 Å². The summed E-state index contributed by atoms with van der Waals surface area (Å²) in [4.78, 5) is 16.5. The summed E-state index contributed by atoms with van der Waals surface area (Å²) >= 11 is 0. The number of urea groups is 1. The Bertz CT molecular complexity index is 314. The number of rotatable bonds is 2. The van der Waals surface area contributed by atoms with Gasteiger partial charge in [0, 0.05) is 38.8 Å². The molecule has 0 aliphatic carbocycles. The number of hydrogen-bond donors (Lipinski definition) is 1. The third kappa shape index (κ3) is 3.19. The molecule has 1 N–H and O–H groups in total. The van der Waals surface area contributed by atoms with E-state index in [1.54, 1.807) is 0 Å². The Morgan fingerprint density at radius 1 is 1.05 bits per heavy atom. The zero-order valence-electron chi connectivity index (χ0n) is 11.3. The van der Waals surface area contributed by atoms with E-state index in [0.29, 0.717) is 12.6 Å². The summed E-state index contributed by atoms with van der Waals surface area (Å²) in [5.74, 6) is 0. The molecule has 2 unspecified atom stereocenters. The van der Waals surface area contributed by atoms with E-state index in [1.807, 2.05) is 4.90 Å². The van der Waals surface area contributed by atoms with Crippen LogP contribution >= 0.6 is 0 Å². The molecule has 0 aromatic rings. The van der Waals surface area contributed by atoms with Crippen LogP contribution in [0.25, 0.3) is 0 Å². The van der Waals surface area contributed by atoms with E-state index >= 15 is 0 Å². The lowest BCUT2D eigenvalue weighted by Crippen LogP contribution is -2.47. The SMILES string of the molecule is O=C(NC1CCOC1)N1CCC(N2CCOCC2)C1. The topological polar surface area (TPSA) is 54.0 Å². The molecule has 3 fully saturated rings. The highest BCUT2D eigenvalue weighted by Gasteiger charge is 2.32. The molecule has 6 heteroatoms. The van der Waals surface area contributed by atoms with Crippen molar-refractivity contribution < 1.29 is 14.3 Å². The van der Waals surface area contributed by atoms with Crippen molar-refractivity contribution in [1.29, 1.82) is 0 Å². The second-order valence-electron chi connectivity index (χ2n) is 5.55. The molecule has 108 valence electrons. The second-order valence-corrected chi connectivity index (χ2v) is 5.55. The molecule has 0 saturated carbocycles. The van der Waals surface area contributed by atoms with Crippen molar-refractivity contribution >= 4 is 6.03 Å². The zero-order chi connectivity index (χ0) is 13.1. The minimum absolute atomic E-state index is 0.0752. The maximum absolute atomic E-state index is 12.1. The molecule has 3 aliphatic heterocycles. The van der Waals surface area contributed by atoms with Crippen LogP contribution in [0.1, 0.15) is 12.8 Å². The van der Waals surface area contributed by atoms with Gasteiger partial charge in [0.25, 0.3) is 0 Å². The van der Waals surface area contributed by atoms with Crippen LogP contribution in [0, 0.1) is 0 Å². The molecule has 6 nitrogen and oxygen atoms in total. The van der Waals surface area contributed by atoms with Gasteiger partial charge in [-0.2, -0.15) is 0 Å². The Morgan fingerprint density at radius 2 is 1.89 bits per heavy atom. The lowest BCUT2D eigenvalue weighted by molar-refractivity contribution is 0.0191. The summed E-state index contributed by atoms with van der Waals surface area (Å²) in [6.07, 6.45) is 2.01. The number of nitrogens with one attached hydrogen (secondary N) is 1. The van der Waals surface area contributed by atoms with Gasteiger partial charge in [-0.05, 0) is 12.8 Å². The number of morpholine rings is 1. The van der Waals surface area contributed by atoms with E-state index in [9.17, 15) is 4.79 Å². The van der Waals surface area contributed by atoms with Gasteiger partial charge in [-0.3, -0.25) is 4.90 Å². The number of carbonyl (C=O) groups is 1. The molecule has 2 amide bonds. The van der Waals surface area contributed by atoms with Gasteiger partial charge in [0.15, 0.2) is 0 Å². The van der Waals surface area contributed by atoms with Crippen LogP contribution in [0.4, 0.5) is 4.79 Å². The van der Waals surface area contributed by atoms with Crippen LogP contribution in [0.15, 0.2) is 0 Å². The highest BCUT2D eigenvalue weighted by Crippen LogP contribution is 2.17. The maximum atomic E-state index is 12.1. The summed E-state index contributed by atoms with van der Waals surface area (Å²) in [5, 5.41) is 3.06. The number of likely N-dealkylation sites (tertiary alicyclic amines) is 1. The Labute approximate surface area is 114 Å². The summed E-state index contributed by atoms with van der Waals surface area (Å²) in [5.41, 5.74) is 0. The van der Waals surface area contributed by atoms with Gasteiger partial charge in [0.1, 0.15) is 0 Å². The molecular weight excluding hydrogens is 246 g/mol. The molecule has 19 heavy (non-hydrogen) atoms. The number of carbonyl (C=O) groups excluding carboxylic acids is 1. The van der Waals surface area contributed by atoms with E-state index in [1.165, 1.54) is 0 Å². The van der Waals surface area contributed by atoms with Crippen LogP contribution < -0.4 is 5.32 Å². The predicted molar refractivity (Wildman–Crippen MR) is 70.1 cm³/mol. The predicted octanol–water partition coefficient (Wildman–Crippen LogP) is -0.109. The van der Waals surface area contributed by atoms with Gasteiger partial charge < -0.3 is 19.7 Å². The zero-order valence-corrected chi connectivity index (χ0v) is 11.3. The first-order chi connectivity index (χ1) is 9.33. The minimum Gasteiger partial charge on any atom is -0.379 e. The number of hydrogen-bond acceptors (Lipinski definition) is 4. The highest BCUT2D eigenvalue weighted by molar-refractivity contribution is 5.75. The van der Waals surface area contributed by atoms with Crippen molar-refractivity contribution in [3.05, 3.63) is 0 Å². The molecular formula is C13H23N3O3. The van der Waals surface area contributed by atoms with E-state index < -0.39 is 0 Å². The van der Waals surface area contributed by atoms with Crippen molar-refractivity contribution in [2.75, 3.05) is 52.6 Å². The molecule has 0 aromatic carbocycles. The third-order valence-electron chi connectivity index (χ3n) is 4.27. The molecule has 0 bridgehead atoms. The third-order valence-corrected chi connectivity index (χ3v) is 4.27. The van der Waals surface area contributed by atoms with Crippen LogP contribution in [-0.2, 0) is 9.47 Å². The average molecular weight is 269 g/mol. The first kappa shape index (κ1) is 13.1. The van der Waals surface area contributed by atoms with Gasteiger partial charge in [0.05, 0.1) is 25.9 Å². The molecule has 2 atom stereocenters. The lowest BCUT2D eigenvalue weighted by Gasteiger charge is -2.32. The lowest BCUT2D eigenvalue weighted by atomic mass is 10.2. The average Bonchev–Trinajstić information content (AvgIpc) is 3.10. The van der Waals surface area contributed by atoms with Crippen LogP contribution in [0.5, 0.6) is 0 Å². The first-order valence-electron chi connectivity index (χ1n) is 7.28. The van der Waals surface area contributed by atoms with Crippen molar-refractivity contribution in [3.63, 3.8) is 0 Å². The fourth-order valence-corrected chi connectivity index (χ4v) is 3.08. The van der Waals surface area contributed by atoms with Gasteiger partial charge in [-0.15, -0.1) is 0 Å². The van der Waals surface area contributed by atoms with Gasteiger partial charge >= 0.3 is 6.03 Å². The van der Waals surface area contributed by atoms with Gasteiger partial charge in [-0.1, -0.05) is 0 Å². The maximum Gasteiger partial charge on any atom is 0.317 e. The van der Waals surface area contributed by atoms with Crippen LogP contribution in [0.3, 0.4) is 0 Å². The summed E-state index contributed by atoms with van der Waals surface area (Å²) in [6, 6.07) is 0.788. The van der Waals surface area contributed by atoms with Gasteiger partial charge in [0.2, 0.25) is 0 Å². The molecule has 3 rings (SSSR count). The van der Waals surface area contributed by atoms with Crippen LogP contribution in [-0.4, -0.2) is 80.5 Å². The van der Waals surface area contributed by atoms with E-state index in [-0.39, 0.29) is 12.1 Å². The normalized spacial score (nSPS) is 32.7. The van der Waals surface area contributed by atoms with Gasteiger partial charge in [-0.25, -0.2) is 4.79 Å². The smallest absolute Gasteiger partial charge is 0.317 e. The standard InChI is InChI=1S/C13H23N3O3/c17-13(14-11-2-6-19-10-11)16-3-1-12(9-16)15-4-7-18-8-5-15/h11-12H,1-10H2,(H,14,17). The Hall–Kier alpha value is -0.850. The first-order valence-corrected chi connectivity index (χ1v) is 7.28. The summed E-state index contributed by atoms with van der Waals surface area (Å²) in [7, 11) is 0. The Kier molecular flexibility index (Phi) is 4.20. The number of ether oxygens (including phenoxy) is 2. The Balaban J connectivity index is 1.46. The number of nitrogens with zero attached hydrogens (tertiary/aromatic N) is 2. The van der Waals surface area contributed by atoms with Crippen molar-refractivity contribution in [2.45, 2.75) is 24.9 Å². The van der Waals surface area contributed by atoms with Crippen molar-refractivity contribution in [1.82, 2.24) is 15.1 Å². The molecule has 3 saturated heterocycles. The summed E-state index contributed by atoms with van der Waals surface area (Å²) in [6.45, 7) is 6.77. The van der Waals surface area contributed by atoms with Crippen LogP contribution in [0.2, 0.25) is 0 Å². The highest BCUT2D eigenvalue weighted by atomic mass is 16.5.